The third kappa shape index (κ3) is 3.49. The second kappa shape index (κ2) is 6.76. The van der Waals surface area contributed by atoms with Crippen molar-refractivity contribution >= 4 is 11.7 Å². The summed E-state index contributed by atoms with van der Waals surface area (Å²) >= 11 is 0. The molecule has 122 valence electrons. The molecule has 23 heavy (non-hydrogen) atoms. The Hall–Kier alpha value is -2.44. The topological polar surface area (TPSA) is 84.2 Å². The molecule has 0 aromatic carbocycles. The van der Waals surface area contributed by atoms with Gasteiger partial charge in [0.15, 0.2) is 12.1 Å². The summed E-state index contributed by atoms with van der Waals surface area (Å²) in [6.45, 7) is 5.38. The smallest absolute Gasteiger partial charge is 0.276 e. The molecule has 1 fully saturated rings. The zero-order valence-electron chi connectivity index (χ0n) is 13.4. The van der Waals surface area contributed by atoms with Gasteiger partial charge >= 0.3 is 0 Å². The number of anilines is 1. The Bertz CT molecular complexity index is 648. The van der Waals surface area contributed by atoms with Crippen LogP contribution in [-0.2, 0) is 0 Å². The molecule has 0 bridgehead atoms. The summed E-state index contributed by atoms with van der Waals surface area (Å²) in [4.78, 5) is 18.6. The molecule has 0 saturated carbocycles. The van der Waals surface area contributed by atoms with Crippen LogP contribution in [-0.4, -0.2) is 45.1 Å². The lowest BCUT2D eigenvalue weighted by atomic mass is 10.0. The van der Waals surface area contributed by atoms with Crippen molar-refractivity contribution in [1.29, 1.82) is 0 Å². The van der Waals surface area contributed by atoms with Crippen LogP contribution in [0.25, 0.3) is 0 Å². The Morgan fingerprint density at radius 3 is 2.83 bits per heavy atom. The second-order valence-corrected chi connectivity index (χ2v) is 6.04. The van der Waals surface area contributed by atoms with E-state index < -0.39 is 0 Å². The first-order valence-corrected chi connectivity index (χ1v) is 7.92. The number of amides is 1. The minimum Gasteiger partial charge on any atom is -0.447 e. The van der Waals surface area contributed by atoms with E-state index in [0.717, 1.165) is 18.7 Å². The molecule has 7 heteroatoms. The standard InChI is InChI=1S/C16H21N5O2/c1-11(2)15-14(17-10-23-15)16(22)21-8-5-12(6-9-21)19-13-4-3-7-18-20-13/h3-4,7,10-12H,5-6,8-9H2,1-2H3,(H,19,20). The fraction of sp³-hybridized carbons (Fsp3) is 0.500. The van der Waals surface area contributed by atoms with Gasteiger partial charge in [0.2, 0.25) is 0 Å². The Morgan fingerprint density at radius 2 is 2.17 bits per heavy atom. The van der Waals surface area contributed by atoms with Gasteiger partial charge in [-0.15, -0.1) is 5.10 Å². The van der Waals surface area contributed by atoms with Crippen LogP contribution in [0, 0.1) is 0 Å². The second-order valence-electron chi connectivity index (χ2n) is 6.04. The number of hydrogen-bond acceptors (Lipinski definition) is 6. The SMILES string of the molecule is CC(C)c1ocnc1C(=O)N1CCC(Nc2cccnn2)CC1. The maximum Gasteiger partial charge on any atom is 0.276 e. The van der Waals surface area contributed by atoms with Crippen LogP contribution in [0.1, 0.15) is 48.9 Å². The molecule has 1 N–H and O–H groups in total. The van der Waals surface area contributed by atoms with Gasteiger partial charge in [-0.2, -0.15) is 5.10 Å². The predicted molar refractivity (Wildman–Crippen MR) is 85.2 cm³/mol. The summed E-state index contributed by atoms with van der Waals surface area (Å²) < 4.78 is 5.35. The van der Waals surface area contributed by atoms with Crippen molar-refractivity contribution in [3.05, 3.63) is 36.2 Å². The molecule has 0 unspecified atom stereocenters. The minimum atomic E-state index is -0.0413. The summed E-state index contributed by atoms with van der Waals surface area (Å²) in [5, 5.41) is 11.3. The Kier molecular flexibility index (Phi) is 4.55. The molecule has 7 nitrogen and oxygen atoms in total. The van der Waals surface area contributed by atoms with Gasteiger partial charge in [-0.3, -0.25) is 4.79 Å². The maximum atomic E-state index is 12.6. The van der Waals surface area contributed by atoms with Gasteiger partial charge in [-0.05, 0) is 25.0 Å². The summed E-state index contributed by atoms with van der Waals surface area (Å²) in [5.74, 6) is 1.54. The largest absolute Gasteiger partial charge is 0.447 e. The molecule has 1 amide bonds. The number of likely N-dealkylation sites (tertiary alicyclic amines) is 1. The van der Waals surface area contributed by atoms with Gasteiger partial charge in [0.05, 0.1) is 0 Å². The lowest BCUT2D eigenvalue weighted by Crippen LogP contribution is -2.42. The average Bonchev–Trinajstić information content (AvgIpc) is 3.06. The lowest BCUT2D eigenvalue weighted by Gasteiger charge is -2.32. The minimum absolute atomic E-state index is 0.0413. The van der Waals surface area contributed by atoms with E-state index in [4.69, 9.17) is 4.42 Å². The van der Waals surface area contributed by atoms with Crippen LogP contribution in [0.15, 0.2) is 29.1 Å². The highest BCUT2D eigenvalue weighted by atomic mass is 16.3. The van der Waals surface area contributed by atoms with Gasteiger partial charge in [-0.25, -0.2) is 4.98 Å². The highest BCUT2D eigenvalue weighted by molar-refractivity contribution is 5.93. The number of aromatic nitrogens is 3. The maximum absolute atomic E-state index is 12.6. The van der Waals surface area contributed by atoms with Gasteiger partial charge in [0, 0.05) is 31.2 Å². The van der Waals surface area contributed by atoms with Gasteiger partial charge < -0.3 is 14.6 Å². The number of carbonyl (C=O) groups is 1. The summed E-state index contributed by atoms with van der Waals surface area (Å²) in [6, 6.07) is 4.05. The molecular weight excluding hydrogens is 294 g/mol. The van der Waals surface area contributed by atoms with Crippen molar-refractivity contribution in [3.63, 3.8) is 0 Å². The van der Waals surface area contributed by atoms with Crippen molar-refractivity contribution in [2.24, 2.45) is 0 Å². The first-order chi connectivity index (χ1) is 11.1. The van der Waals surface area contributed by atoms with Crippen LogP contribution >= 0.6 is 0 Å². The molecule has 0 aliphatic carbocycles. The van der Waals surface area contributed by atoms with Crippen molar-refractivity contribution in [2.45, 2.75) is 38.6 Å². The van der Waals surface area contributed by atoms with E-state index in [-0.39, 0.29) is 11.8 Å². The predicted octanol–water partition coefficient (Wildman–Crippen LogP) is 2.30. The molecule has 0 spiro atoms. The van der Waals surface area contributed by atoms with E-state index in [0.29, 0.717) is 30.6 Å². The number of piperidine rings is 1. The summed E-state index contributed by atoms with van der Waals surface area (Å²) in [7, 11) is 0. The first-order valence-electron chi connectivity index (χ1n) is 7.92. The Labute approximate surface area is 135 Å². The first kappa shape index (κ1) is 15.5. The Balaban J connectivity index is 1.58. The van der Waals surface area contributed by atoms with Crippen LogP contribution in [0.5, 0.6) is 0 Å². The number of carbonyl (C=O) groups excluding carboxylic acids is 1. The van der Waals surface area contributed by atoms with Crippen molar-refractivity contribution in [3.8, 4) is 0 Å². The van der Waals surface area contributed by atoms with E-state index in [1.54, 1.807) is 6.20 Å². The van der Waals surface area contributed by atoms with Crippen LogP contribution < -0.4 is 5.32 Å². The highest BCUT2D eigenvalue weighted by Crippen LogP contribution is 2.22. The quantitative estimate of drug-likeness (QED) is 0.932. The number of rotatable bonds is 4. The molecule has 1 saturated heterocycles. The monoisotopic (exact) mass is 315 g/mol. The zero-order valence-corrected chi connectivity index (χ0v) is 13.4. The van der Waals surface area contributed by atoms with Crippen molar-refractivity contribution < 1.29 is 9.21 Å². The van der Waals surface area contributed by atoms with Crippen LogP contribution in [0.4, 0.5) is 5.82 Å². The fourth-order valence-electron chi connectivity index (χ4n) is 2.79. The molecule has 2 aromatic heterocycles. The van der Waals surface area contributed by atoms with Gasteiger partial charge in [0.1, 0.15) is 11.6 Å². The lowest BCUT2D eigenvalue weighted by molar-refractivity contribution is 0.0710. The number of oxazole rings is 1. The summed E-state index contributed by atoms with van der Waals surface area (Å²) in [6.07, 6.45) is 4.75. The molecule has 0 radical (unpaired) electrons. The van der Waals surface area contributed by atoms with Crippen molar-refractivity contribution in [1.82, 2.24) is 20.1 Å². The normalized spacial score (nSPS) is 15.9. The molecule has 3 heterocycles. The molecule has 1 aliphatic heterocycles. The van der Waals surface area contributed by atoms with E-state index in [1.165, 1.54) is 6.39 Å². The van der Waals surface area contributed by atoms with E-state index in [1.807, 2.05) is 30.9 Å². The zero-order chi connectivity index (χ0) is 16.2. The number of nitrogens with zero attached hydrogens (tertiary/aromatic N) is 4. The number of nitrogens with one attached hydrogen (secondary N) is 1. The van der Waals surface area contributed by atoms with E-state index in [2.05, 4.69) is 20.5 Å². The molecule has 1 aliphatic rings. The third-order valence-corrected chi connectivity index (χ3v) is 4.03. The van der Waals surface area contributed by atoms with E-state index >= 15 is 0 Å². The Morgan fingerprint density at radius 1 is 1.39 bits per heavy atom. The fourth-order valence-corrected chi connectivity index (χ4v) is 2.79. The third-order valence-electron chi connectivity index (χ3n) is 4.03. The van der Waals surface area contributed by atoms with Gasteiger partial charge in [-0.1, -0.05) is 13.8 Å². The summed E-state index contributed by atoms with van der Waals surface area (Å²) in [5.41, 5.74) is 0.445. The van der Waals surface area contributed by atoms with Crippen LogP contribution in [0.3, 0.4) is 0 Å². The van der Waals surface area contributed by atoms with Gasteiger partial charge in [0.25, 0.3) is 5.91 Å². The van der Waals surface area contributed by atoms with Crippen molar-refractivity contribution in [2.75, 3.05) is 18.4 Å². The van der Waals surface area contributed by atoms with Crippen LogP contribution in [0.2, 0.25) is 0 Å². The highest BCUT2D eigenvalue weighted by Gasteiger charge is 2.28. The number of hydrogen-bond donors (Lipinski definition) is 1. The molecule has 3 rings (SSSR count). The van der Waals surface area contributed by atoms with E-state index in [9.17, 15) is 4.79 Å². The molecule has 0 atom stereocenters. The molecule has 2 aromatic rings. The average molecular weight is 315 g/mol. The molecular formula is C16H21N5O2.